The average Bonchev–Trinajstić information content (AvgIpc) is 2.80. The Hall–Kier alpha value is -1.93. The van der Waals surface area contributed by atoms with Gasteiger partial charge in [-0.2, -0.15) is 0 Å². The van der Waals surface area contributed by atoms with Crippen molar-refractivity contribution < 1.29 is 17.9 Å². The van der Waals surface area contributed by atoms with Gasteiger partial charge in [0.25, 0.3) is 0 Å². The molecule has 0 saturated heterocycles. The Kier molecular flexibility index (Phi) is 5.29. The lowest BCUT2D eigenvalue weighted by Crippen LogP contribution is -2.22. The first kappa shape index (κ1) is 18.4. The number of hydrogen-bond acceptors (Lipinski definition) is 5. The minimum Gasteiger partial charge on any atom is -0.463 e. The fraction of sp³-hybridized carbons (Fsp3) is 0.500. The highest BCUT2D eigenvalue weighted by atomic mass is 32.2. The predicted molar refractivity (Wildman–Crippen MR) is 91.1 cm³/mol. The van der Waals surface area contributed by atoms with Gasteiger partial charge in [-0.15, -0.1) is 0 Å². The van der Waals surface area contributed by atoms with Gasteiger partial charge in [0.1, 0.15) is 5.82 Å². The molecule has 2 aromatic rings. The number of aromatic nitrogens is 2. The summed E-state index contributed by atoms with van der Waals surface area (Å²) in [4.78, 5) is 16.3. The van der Waals surface area contributed by atoms with E-state index in [1.165, 1.54) is 18.4 Å². The van der Waals surface area contributed by atoms with Crippen LogP contribution in [0.5, 0.6) is 0 Å². The predicted octanol–water partition coefficient (Wildman–Crippen LogP) is 1.71. The maximum absolute atomic E-state index is 12.2. The normalized spacial score (nSPS) is 12.3. The van der Waals surface area contributed by atoms with Crippen LogP contribution in [0.25, 0.3) is 11.0 Å². The number of ether oxygens (including phenoxy) is 1. The van der Waals surface area contributed by atoms with Crippen molar-refractivity contribution in [1.82, 2.24) is 13.9 Å². The highest BCUT2D eigenvalue weighted by Gasteiger charge is 2.19. The van der Waals surface area contributed by atoms with Crippen molar-refractivity contribution in [3.05, 3.63) is 24.0 Å². The molecule has 0 fully saturated rings. The molecule has 0 aliphatic heterocycles. The molecular weight excluding hydrogens is 330 g/mol. The second-order valence-corrected chi connectivity index (χ2v) is 8.22. The van der Waals surface area contributed by atoms with Crippen LogP contribution in [-0.4, -0.2) is 48.4 Å². The van der Waals surface area contributed by atoms with Crippen LogP contribution < -0.4 is 0 Å². The van der Waals surface area contributed by atoms with Crippen molar-refractivity contribution >= 4 is 27.0 Å². The molecule has 0 amide bonds. The third-order valence-corrected chi connectivity index (χ3v) is 5.45. The van der Waals surface area contributed by atoms with Gasteiger partial charge in [-0.3, -0.25) is 4.79 Å². The van der Waals surface area contributed by atoms with E-state index < -0.39 is 10.0 Å². The molecule has 8 heteroatoms. The second-order valence-electron chi connectivity index (χ2n) is 6.06. The SMILES string of the molecule is CC(C)OC(=O)CCc1nc2cc(S(=O)(=O)N(C)C)ccc2n1C. The number of carbonyl (C=O) groups excluding carboxylic acids is 1. The molecule has 1 aromatic heterocycles. The van der Waals surface area contributed by atoms with E-state index in [-0.39, 0.29) is 23.4 Å². The van der Waals surface area contributed by atoms with Crippen LogP contribution in [0.4, 0.5) is 0 Å². The van der Waals surface area contributed by atoms with E-state index in [0.717, 1.165) is 5.52 Å². The largest absolute Gasteiger partial charge is 0.463 e. The summed E-state index contributed by atoms with van der Waals surface area (Å²) in [6.45, 7) is 3.61. The zero-order valence-corrected chi connectivity index (χ0v) is 15.4. The number of carbonyl (C=O) groups is 1. The summed E-state index contributed by atoms with van der Waals surface area (Å²) < 4.78 is 32.6. The molecule has 7 nitrogen and oxygen atoms in total. The number of esters is 1. The molecule has 0 saturated carbocycles. The zero-order valence-electron chi connectivity index (χ0n) is 14.6. The molecule has 132 valence electrons. The van der Waals surface area contributed by atoms with Gasteiger partial charge < -0.3 is 9.30 Å². The van der Waals surface area contributed by atoms with Gasteiger partial charge in [0.15, 0.2) is 0 Å². The van der Waals surface area contributed by atoms with Crippen LogP contribution in [0.1, 0.15) is 26.1 Å². The maximum atomic E-state index is 12.2. The number of rotatable bonds is 6. The average molecular weight is 353 g/mol. The summed E-state index contributed by atoms with van der Waals surface area (Å²) >= 11 is 0. The van der Waals surface area contributed by atoms with Crippen LogP contribution in [0.3, 0.4) is 0 Å². The number of sulfonamides is 1. The van der Waals surface area contributed by atoms with E-state index in [1.807, 2.05) is 11.6 Å². The first-order chi connectivity index (χ1) is 11.1. The zero-order chi connectivity index (χ0) is 18.1. The van der Waals surface area contributed by atoms with Crippen molar-refractivity contribution in [1.29, 1.82) is 0 Å². The van der Waals surface area contributed by atoms with E-state index in [9.17, 15) is 13.2 Å². The number of imidazole rings is 1. The molecule has 0 atom stereocenters. The minimum absolute atomic E-state index is 0.142. The molecule has 24 heavy (non-hydrogen) atoms. The Balaban J connectivity index is 2.28. The number of benzene rings is 1. The summed E-state index contributed by atoms with van der Waals surface area (Å²) in [5.74, 6) is 0.443. The first-order valence-corrected chi connectivity index (χ1v) is 9.14. The molecule has 0 radical (unpaired) electrons. The second kappa shape index (κ2) is 6.90. The van der Waals surface area contributed by atoms with E-state index in [1.54, 1.807) is 32.0 Å². The summed E-state index contributed by atoms with van der Waals surface area (Å²) in [5, 5.41) is 0. The number of nitrogens with zero attached hydrogens (tertiary/aromatic N) is 3. The van der Waals surface area contributed by atoms with Crippen LogP contribution in [0, 0.1) is 0 Å². The van der Waals surface area contributed by atoms with Gasteiger partial charge in [-0.25, -0.2) is 17.7 Å². The van der Waals surface area contributed by atoms with Crippen LogP contribution in [0.2, 0.25) is 0 Å². The van der Waals surface area contributed by atoms with E-state index in [4.69, 9.17) is 4.74 Å². The molecule has 0 spiro atoms. The smallest absolute Gasteiger partial charge is 0.306 e. The quantitative estimate of drug-likeness (QED) is 0.739. The van der Waals surface area contributed by atoms with Gasteiger partial charge in [0.05, 0.1) is 28.5 Å². The maximum Gasteiger partial charge on any atom is 0.306 e. The van der Waals surface area contributed by atoms with Crippen LogP contribution >= 0.6 is 0 Å². The highest BCUT2D eigenvalue weighted by Crippen LogP contribution is 2.21. The van der Waals surface area contributed by atoms with Crippen molar-refractivity contribution in [3.63, 3.8) is 0 Å². The molecule has 2 rings (SSSR count). The number of fused-ring (bicyclic) bond motifs is 1. The Morgan fingerprint density at radius 1 is 1.33 bits per heavy atom. The summed E-state index contributed by atoms with van der Waals surface area (Å²) in [6, 6.07) is 4.85. The van der Waals surface area contributed by atoms with Crippen LogP contribution in [-0.2, 0) is 33.0 Å². The van der Waals surface area contributed by atoms with Crippen molar-refractivity contribution in [3.8, 4) is 0 Å². The number of aryl methyl sites for hydroxylation is 2. The van der Waals surface area contributed by atoms with Crippen LogP contribution in [0.15, 0.2) is 23.1 Å². The van der Waals surface area contributed by atoms with Gasteiger partial charge in [0.2, 0.25) is 10.0 Å². The van der Waals surface area contributed by atoms with Gasteiger partial charge >= 0.3 is 5.97 Å². The number of hydrogen-bond donors (Lipinski definition) is 0. The van der Waals surface area contributed by atoms with Crippen molar-refractivity contribution in [2.24, 2.45) is 7.05 Å². The lowest BCUT2D eigenvalue weighted by molar-refractivity contribution is -0.147. The Morgan fingerprint density at radius 3 is 2.58 bits per heavy atom. The van der Waals surface area contributed by atoms with Crippen molar-refractivity contribution in [2.75, 3.05) is 14.1 Å². The molecule has 0 aliphatic carbocycles. The summed E-state index contributed by atoms with van der Waals surface area (Å²) in [5.41, 5.74) is 1.41. The third-order valence-electron chi connectivity index (χ3n) is 3.64. The third kappa shape index (κ3) is 3.76. The fourth-order valence-electron chi connectivity index (χ4n) is 2.36. The Morgan fingerprint density at radius 2 is 2.00 bits per heavy atom. The fourth-order valence-corrected chi connectivity index (χ4v) is 3.28. The molecular formula is C16H23N3O4S. The summed E-state index contributed by atoms with van der Waals surface area (Å²) in [7, 11) is 1.32. The Bertz CT molecular complexity index is 854. The molecule has 0 bridgehead atoms. The van der Waals surface area contributed by atoms with E-state index in [2.05, 4.69) is 4.98 Å². The lowest BCUT2D eigenvalue weighted by atomic mass is 10.3. The van der Waals surface area contributed by atoms with Gasteiger partial charge in [0, 0.05) is 27.6 Å². The topological polar surface area (TPSA) is 81.5 Å². The Labute approximate surface area is 142 Å². The summed E-state index contributed by atoms with van der Waals surface area (Å²) in [6.07, 6.45) is 0.529. The lowest BCUT2D eigenvalue weighted by Gasteiger charge is -2.10. The van der Waals surface area contributed by atoms with Gasteiger partial charge in [-0.05, 0) is 32.0 Å². The molecule has 1 aromatic carbocycles. The molecule has 0 aliphatic rings. The highest BCUT2D eigenvalue weighted by molar-refractivity contribution is 7.89. The monoisotopic (exact) mass is 353 g/mol. The van der Waals surface area contributed by atoms with Crippen molar-refractivity contribution in [2.45, 2.75) is 37.7 Å². The first-order valence-electron chi connectivity index (χ1n) is 7.70. The van der Waals surface area contributed by atoms with E-state index >= 15 is 0 Å². The molecule has 0 unspecified atom stereocenters. The standard InChI is InChI=1S/C16H23N3O4S/c1-11(2)23-16(20)9-8-15-17-13-10-12(24(21,22)18(3)4)6-7-14(13)19(15)5/h6-7,10-11H,8-9H2,1-5H3. The minimum atomic E-state index is -3.50. The molecule has 1 heterocycles. The molecule has 0 N–H and O–H groups in total. The van der Waals surface area contributed by atoms with Gasteiger partial charge in [-0.1, -0.05) is 0 Å². The van der Waals surface area contributed by atoms with E-state index in [0.29, 0.717) is 17.8 Å².